The van der Waals surface area contributed by atoms with Gasteiger partial charge in [-0.25, -0.2) is 24.9 Å². The maximum Gasteiger partial charge on any atom is 0.182 e. The second-order valence-corrected chi connectivity index (χ2v) is 14.6. The Morgan fingerprint density at radius 3 is 1.13 bits per heavy atom. The van der Waals surface area contributed by atoms with Crippen LogP contribution >= 0.6 is 0 Å². The molecular weight excluding hydrogens is 733 g/mol. The van der Waals surface area contributed by atoms with Crippen LogP contribution in [0.4, 0.5) is 0 Å². The van der Waals surface area contributed by atoms with Crippen molar-refractivity contribution in [3.63, 3.8) is 0 Å². The van der Waals surface area contributed by atoms with Gasteiger partial charge in [0.05, 0.1) is 23.1 Å². The van der Waals surface area contributed by atoms with Gasteiger partial charge in [0.2, 0.25) is 0 Å². The van der Waals surface area contributed by atoms with E-state index in [2.05, 4.69) is 163 Å². The molecule has 3 aromatic heterocycles. The van der Waals surface area contributed by atoms with Crippen LogP contribution in [0.1, 0.15) is 23.0 Å². The first kappa shape index (κ1) is 36.3. The van der Waals surface area contributed by atoms with Gasteiger partial charge in [-0.3, -0.25) is 0 Å². The van der Waals surface area contributed by atoms with Crippen molar-refractivity contribution in [2.75, 3.05) is 0 Å². The van der Waals surface area contributed by atoms with Crippen molar-refractivity contribution < 1.29 is 0 Å². The summed E-state index contributed by atoms with van der Waals surface area (Å²) in [5.74, 6) is 1.36. The number of aromatic nitrogens is 5. The molecule has 4 heterocycles. The van der Waals surface area contributed by atoms with E-state index in [-0.39, 0.29) is 6.04 Å². The van der Waals surface area contributed by atoms with E-state index in [9.17, 15) is 0 Å². The van der Waals surface area contributed by atoms with E-state index in [4.69, 9.17) is 24.9 Å². The second-order valence-electron chi connectivity index (χ2n) is 14.6. The molecule has 0 bridgehead atoms. The van der Waals surface area contributed by atoms with Crippen LogP contribution in [0.25, 0.3) is 79.1 Å². The highest BCUT2D eigenvalue weighted by Crippen LogP contribution is 2.35. The molecule has 0 radical (unpaired) electrons. The average Bonchev–Trinajstić information content (AvgIpc) is 3.35. The maximum atomic E-state index is 5.27. The Kier molecular flexibility index (Phi) is 9.92. The molecular formula is C54H38N6. The van der Waals surface area contributed by atoms with Crippen LogP contribution in [0.15, 0.2) is 218 Å². The van der Waals surface area contributed by atoms with Gasteiger partial charge in [-0.15, -0.1) is 0 Å². The number of pyridine rings is 2. The lowest BCUT2D eigenvalue weighted by molar-refractivity contribution is 0.757. The van der Waals surface area contributed by atoms with Gasteiger partial charge in [-0.05, 0) is 75.4 Å². The monoisotopic (exact) mass is 770 g/mol. The summed E-state index contributed by atoms with van der Waals surface area (Å²) in [6.07, 6.45) is 4.38. The molecule has 1 aliphatic heterocycles. The number of rotatable bonds is 9. The van der Waals surface area contributed by atoms with Gasteiger partial charge in [0.15, 0.2) is 17.5 Å². The Bertz CT molecular complexity index is 2710. The minimum absolute atomic E-state index is 0.140. The van der Waals surface area contributed by atoms with Crippen molar-refractivity contribution in [3.05, 3.63) is 235 Å². The van der Waals surface area contributed by atoms with E-state index in [1.165, 1.54) is 0 Å². The van der Waals surface area contributed by atoms with Crippen LogP contribution in [0.2, 0.25) is 0 Å². The zero-order valence-electron chi connectivity index (χ0n) is 32.6. The van der Waals surface area contributed by atoms with E-state index in [1.807, 2.05) is 60.7 Å². The fraction of sp³-hybridized carbons (Fsp3) is 0.0185. The number of hydrogen-bond donors (Lipinski definition) is 1. The molecule has 0 spiro atoms. The highest BCUT2D eigenvalue weighted by Gasteiger charge is 2.23. The SMILES string of the molecule is C1=C(c2ccccc2)C=C(c2nc(-c3cc(-c4ccccc4)cc(-c4ccccc4)n3)nc(-c3cc(-c4ccccc4)cc(-c4ccccc4)n3)n2)NC1c1ccccc1. The lowest BCUT2D eigenvalue weighted by Crippen LogP contribution is -2.23. The topological polar surface area (TPSA) is 76.5 Å². The molecule has 9 aromatic rings. The molecule has 1 N–H and O–H groups in total. The van der Waals surface area contributed by atoms with Gasteiger partial charge in [0.25, 0.3) is 0 Å². The smallest absolute Gasteiger partial charge is 0.182 e. The standard InChI is InChI=1S/C54H38N6/c1-7-19-37(20-8-1)43-31-46(40-25-13-4-14-26-40)55-49(34-43)52-58-53(50-35-44(38-21-9-2-10-22-38)32-47(56-50)41-27-15-5-16-28-41)60-54(59-52)51-36-45(39-23-11-3-12-24-39)33-48(57-51)42-29-17-6-18-30-42/h1-36,46,55H. The van der Waals surface area contributed by atoms with Crippen molar-refractivity contribution in [1.82, 2.24) is 30.2 Å². The summed E-state index contributed by atoms with van der Waals surface area (Å²) in [4.78, 5) is 26.3. The molecule has 284 valence electrons. The summed E-state index contributed by atoms with van der Waals surface area (Å²) in [5, 5.41) is 3.78. The summed E-state index contributed by atoms with van der Waals surface area (Å²) >= 11 is 0. The number of nitrogens with one attached hydrogen (secondary N) is 1. The van der Waals surface area contributed by atoms with Crippen LogP contribution in [0.5, 0.6) is 0 Å². The molecule has 0 saturated carbocycles. The van der Waals surface area contributed by atoms with Crippen LogP contribution in [-0.4, -0.2) is 24.9 Å². The fourth-order valence-corrected chi connectivity index (χ4v) is 7.54. The quantitative estimate of drug-likeness (QED) is 0.157. The predicted molar refractivity (Wildman–Crippen MR) is 243 cm³/mol. The normalized spacial score (nSPS) is 13.5. The van der Waals surface area contributed by atoms with Crippen molar-refractivity contribution >= 4 is 11.3 Å². The van der Waals surface area contributed by atoms with Gasteiger partial charge < -0.3 is 5.32 Å². The molecule has 0 aliphatic carbocycles. The summed E-state index contributed by atoms with van der Waals surface area (Å²) in [7, 11) is 0. The number of allylic oxidation sites excluding steroid dienone is 2. The first-order chi connectivity index (χ1) is 29.7. The van der Waals surface area contributed by atoms with Crippen LogP contribution in [0, 0.1) is 0 Å². The van der Waals surface area contributed by atoms with E-state index in [1.54, 1.807) is 0 Å². The largest absolute Gasteiger partial charge is 0.372 e. The van der Waals surface area contributed by atoms with E-state index in [0.29, 0.717) is 28.9 Å². The molecule has 1 atom stereocenters. The average molecular weight is 771 g/mol. The second kappa shape index (κ2) is 16.4. The molecule has 6 aromatic carbocycles. The number of nitrogens with zero attached hydrogens (tertiary/aromatic N) is 5. The van der Waals surface area contributed by atoms with E-state index < -0.39 is 0 Å². The van der Waals surface area contributed by atoms with Crippen LogP contribution in [-0.2, 0) is 0 Å². The molecule has 0 saturated heterocycles. The number of dihydropyridines is 1. The Hall–Kier alpha value is -8.09. The molecule has 6 heteroatoms. The van der Waals surface area contributed by atoms with Crippen LogP contribution < -0.4 is 5.32 Å². The van der Waals surface area contributed by atoms with Crippen molar-refractivity contribution in [2.24, 2.45) is 0 Å². The molecule has 0 fully saturated rings. The van der Waals surface area contributed by atoms with Gasteiger partial charge >= 0.3 is 0 Å². The molecule has 60 heavy (non-hydrogen) atoms. The third-order valence-corrected chi connectivity index (χ3v) is 10.6. The van der Waals surface area contributed by atoms with E-state index in [0.717, 1.165) is 67.2 Å². The summed E-state index contributed by atoms with van der Waals surface area (Å²) < 4.78 is 0. The van der Waals surface area contributed by atoms with Gasteiger partial charge in [-0.2, -0.15) is 0 Å². The summed E-state index contributed by atoms with van der Waals surface area (Å²) in [6, 6.07) is 70.3. The van der Waals surface area contributed by atoms with Gasteiger partial charge in [0, 0.05) is 11.1 Å². The third-order valence-electron chi connectivity index (χ3n) is 10.6. The minimum Gasteiger partial charge on any atom is -0.372 e. The molecule has 10 rings (SSSR count). The van der Waals surface area contributed by atoms with Crippen molar-refractivity contribution in [1.29, 1.82) is 0 Å². The van der Waals surface area contributed by atoms with Crippen LogP contribution in [0.3, 0.4) is 0 Å². The lowest BCUT2D eigenvalue weighted by atomic mass is 9.95. The van der Waals surface area contributed by atoms with E-state index >= 15 is 0 Å². The van der Waals surface area contributed by atoms with Crippen molar-refractivity contribution in [3.8, 4) is 67.8 Å². The lowest BCUT2D eigenvalue weighted by Gasteiger charge is -2.25. The third kappa shape index (κ3) is 7.78. The zero-order chi connectivity index (χ0) is 40.1. The Labute approximate surface area is 349 Å². The van der Waals surface area contributed by atoms with Gasteiger partial charge in [-0.1, -0.05) is 182 Å². The molecule has 1 unspecified atom stereocenters. The first-order valence-electron chi connectivity index (χ1n) is 20.0. The Balaban J connectivity index is 1.21. The minimum atomic E-state index is -0.140. The highest BCUT2D eigenvalue weighted by atomic mass is 15.1. The fourth-order valence-electron chi connectivity index (χ4n) is 7.54. The maximum absolute atomic E-state index is 5.27. The summed E-state index contributed by atoms with van der Waals surface area (Å²) in [6.45, 7) is 0. The zero-order valence-corrected chi connectivity index (χ0v) is 32.6. The predicted octanol–water partition coefficient (Wildman–Crippen LogP) is 12.4. The highest BCUT2D eigenvalue weighted by molar-refractivity contribution is 5.86. The molecule has 1 aliphatic rings. The van der Waals surface area contributed by atoms with Gasteiger partial charge in [0.1, 0.15) is 11.4 Å². The summed E-state index contributed by atoms with van der Waals surface area (Å²) in [5.41, 5.74) is 13.1. The first-order valence-corrected chi connectivity index (χ1v) is 20.0. The molecule has 0 amide bonds. The Morgan fingerprint density at radius 1 is 0.317 bits per heavy atom. The number of hydrogen-bond acceptors (Lipinski definition) is 6. The molecule has 6 nitrogen and oxygen atoms in total. The van der Waals surface area contributed by atoms with Crippen molar-refractivity contribution in [2.45, 2.75) is 6.04 Å². The Morgan fingerprint density at radius 2 is 0.683 bits per heavy atom. The number of benzene rings is 6.